The molecule has 1 aliphatic rings. The SMILES string of the molecule is COc1cc(C2NCCNC2=O)cc(OC)c1OC. The van der Waals surface area contributed by atoms with E-state index < -0.39 is 6.04 Å². The second-order valence-corrected chi connectivity index (χ2v) is 4.14. The van der Waals surface area contributed by atoms with Crippen molar-refractivity contribution in [3.8, 4) is 17.2 Å². The Labute approximate surface area is 112 Å². The van der Waals surface area contributed by atoms with Gasteiger partial charge in [-0.3, -0.25) is 4.79 Å². The van der Waals surface area contributed by atoms with Crippen LogP contribution in [0.15, 0.2) is 12.1 Å². The van der Waals surface area contributed by atoms with Crippen LogP contribution in [0.3, 0.4) is 0 Å². The average molecular weight is 266 g/mol. The smallest absolute Gasteiger partial charge is 0.241 e. The highest BCUT2D eigenvalue weighted by atomic mass is 16.5. The van der Waals surface area contributed by atoms with Crippen molar-refractivity contribution in [3.63, 3.8) is 0 Å². The first-order valence-corrected chi connectivity index (χ1v) is 6.02. The van der Waals surface area contributed by atoms with E-state index in [0.29, 0.717) is 23.8 Å². The quantitative estimate of drug-likeness (QED) is 0.829. The maximum absolute atomic E-state index is 11.9. The van der Waals surface area contributed by atoms with Gasteiger partial charge in [0.15, 0.2) is 11.5 Å². The zero-order valence-electron chi connectivity index (χ0n) is 11.3. The molecule has 104 valence electrons. The van der Waals surface area contributed by atoms with Gasteiger partial charge in [-0.25, -0.2) is 0 Å². The molecule has 19 heavy (non-hydrogen) atoms. The summed E-state index contributed by atoms with van der Waals surface area (Å²) in [6, 6.07) is 3.16. The molecule has 6 nitrogen and oxygen atoms in total. The van der Waals surface area contributed by atoms with Crippen LogP contribution in [-0.2, 0) is 4.79 Å². The van der Waals surface area contributed by atoms with Crippen molar-refractivity contribution < 1.29 is 19.0 Å². The van der Waals surface area contributed by atoms with Crippen LogP contribution in [0.5, 0.6) is 17.2 Å². The maximum atomic E-state index is 11.9. The third-order valence-corrected chi connectivity index (χ3v) is 3.06. The molecule has 1 amide bonds. The lowest BCUT2D eigenvalue weighted by Gasteiger charge is -2.25. The minimum Gasteiger partial charge on any atom is -0.493 e. The fourth-order valence-corrected chi connectivity index (χ4v) is 2.13. The van der Waals surface area contributed by atoms with Crippen molar-refractivity contribution in [2.24, 2.45) is 0 Å². The molecule has 6 heteroatoms. The lowest BCUT2D eigenvalue weighted by Crippen LogP contribution is -2.47. The normalized spacial score (nSPS) is 18.7. The summed E-state index contributed by atoms with van der Waals surface area (Å²) in [6.45, 7) is 1.37. The van der Waals surface area contributed by atoms with Crippen LogP contribution in [0.4, 0.5) is 0 Å². The Morgan fingerprint density at radius 1 is 1.05 bits per heavy atom. The summed E-state index contributed by atoms with van der Waals surface area (Å²) in [7, 11) is 4.65. The van der Waals surface area contributed by atoms with Crippen LogP contribution < -0.4 is 24.8 Å². The first-order chi connectivity index (χ1) is 9.21. The van der Waals surface area contributed by atoms with Crippen molar-refractivity contribution >= 4 is 5.91 Å². The van der Waals surface area contributed by atoms with E-state index in [9.17, 15) is 4.79 Å². The molecule has 1 unspecified atom stereocenters. The number of carbonyl (C=O) groups excluding carboxylic acids is 1. The summed E-state index contributed by atoms with van der Waals surface area (Å²) in [5.74, 6) is 1.54. The zero-order chi connectivity index (χ0) is 13.8. The predicted molar refractivity (Wildman–Crippen MR) is 69.9 cm³/mol. The van der Waals surface area contributed by atoms with Gasteiger partial charge in [-0.05, 0) is 17.7 Å². The molecule has 2 N–H and O–H groups in total. The van der Waals surface area contributed by atoms with Gasteiger partial charge in [0, 0.05) is 13.1 Å². The van der Waals surface area contributed by atoms with Crippen LogP contribution >= 0.6 is 0 Å². The summed E-state index contributed by atoms with van der Waals surface area (Å²) in [6.07, 6.45) is 0. The fourth-order valence-electron chi connectivity index (χ4n) is 2.13. The molecule has 0 spiro atoms. The van der Waals surface area contributed by atoms with Crippen molar-refractivity contribution in [2.75, 3.05) is 34.4 Å². The van der Waals surface area contributed by atoms with Gasteiger partial charge in [-0.2, -0.15) is 0 Å². The lowest BCUT2D eigenvalue weighted by molar-refractivity contribution is -0.124. The molecule has 0 radical (unpaired) electrons. The van der Waals surface area contributed by atoms with Crippen molar-refractivity contribution in [1.82, 2.24) is 10.6 Å². The van der Waals surface area contributed by atoms with Gasteiger partial charge in [0.25, 0.3) is 0 Å². The van der Waals surface area contributed by atoms with E-state index in [1.54, 1.807) is 33.5 Å². The molecule has 1 aliphatic heterocycles. The van der Waals surface area contributed by atoms with E-state index in [1.165, 1.54) is 0 Å². The predicted octanol–water partition coefficient (Wildman–Crippen LogP) is 0.473. The Morgan fingerprint density at radius 3 is 2.16 bits per heavy atom. The standard InChI is InChI=1S/C13H18N2O4/c1-17-9-6-8(7-10(18-2)12(9)19-3)11-13(16)15-5-4-14-11/h6-7,11,14H,4-5H2,1-3H3,(H,15,16). The molecular weight excluding hydrogens is 248 g/mol. The monoisotopic (exact) mass is 266 g/mol. The number of methoxy groups -OCH3 is 3. The molecule has 2 rings (SSSR count). The van der Waals surface area contributed by atoms with Crippen molar-refractivity contribution in [2.45, 2.75) is 6.04 Å². The summed E-state index contributed by atoms with van der Waals surface area (Å²) < 4.78 is 15.8. The van der Waals surface area contributed by atoms with Crippen LogP contribution in [0.2, 0.25) is 0 Å². The number of rotatable bonds is 4. The van der Waals surface area contributed by atoms with Crippen LogP contribution in [0.25, 0.3) is 0 Å². The first-order valence-electron chi connectivity index (χ1n) is 6.02. The van der Waals surface area contributed by atoms with Crippen LogP contribution in [0.1, 0.15) is 11.6 Å². The molecule has 0 aliphatic carbocycles. The molecular formula is C13H18N2O4. The summed E-state index contributed by atoms with van der Waals surface area (Å²) >= 11 is 0. The summed E-state index contributed by atoms with van der Waals surface area (Å²) in [5.41, 5.74) is 0.784. The van der Waals surface area contributed by atoms with Gasteiger partial charge in [0.2, 0.25) is 11.7 Å². The highest BCUT2D eigenvalue weighted by molar-refractivity contribution is 5.84. The van der Waals surface area contributed by atoms with Crippen molar-refractivity contribution in [1.29, 1.82) is 0 Å². The number of piperazine rings is 1. The number of amides is 1. The number of hydrogen-bond donors (Lipinski definition) is 2. The van der Waals surface area contributed by atoms with E-state index in [0.717, 1.165) is 12.1 Å². The minimum absolute atomic E-state index is 0.0551. The first kappa shape index (κ1) is 13.5. The van der Waals surface area contributed by atoms with Gasteiger partial charge in [-0.15, -0.1) is 0 Å². The third-order valence-electron chi connectivity index (χ3n) is 3.06. The maximum Gasteiger partial charge on any atom is 0.241 e. The Hall–Kier alpha value is -1.95. The van der Waals surface area contributed by atoms with E-state index >= 15 is 0 Å². The second-order valence-electron chi connectivity index (χ2n) is 4.14. The summed E-state index contributed by atoms with van der Waals surface area (Å²) in [4.78, 5) is 11.9. The molecule has 1 atom stereocenters. The fraction of sp³-hybridized carbons (Fsp3) is 0.462. The number of nitrogens with one attached hydrogen (secondary N) is 2. The Bertz CT molecular complexity index is 451. The van der Waals surface area contributed by atoms with Gasteiger partial charge < -0.3 is 24.8 Å². The molecule has 1 aromatic carbocycles. The molecule has 0 bridgehead atoms. The molecule has 1 heterocycles. The van der Waals surface area contributed by atoms with Crippen molar-refractivity contribution in [3.05, 3.63) is 17.7 Å². The van der Waals surface area contributed by atoms with Gasteiger partial charge >= 0.3 is 0 Å². The van der Waals surface area contributed by atoms with Gasteiger partial charge in [0.05, 0.1) is 21.3 Å². The van der Waals surface area contributed by atoms with Crippen LogP contribution in [-0.4, -0.2) is 40.3 Å². The van der Waals surface area contributed by atoms with Gasteiger partial charge in [-0.1, -0.05) is 0 Å². The largest absolute Gasteiger partial charge is 0.493 e. The topological polar surface area (TPSA) is 68.8 Å². The molecule has 0 saturated carbocycles. The Balaban J connectivity index is 2.43. The Morgan fingerprint density at radius 2 is 1.68 bits per heavy atom. The average Bonchev–Trinajstić information content (AvgIpc) is 2.46. The summed E-state index contributed by atoms with van der Waals surface area (Å²) in [5, 5.41) is 5.98. The second kappa shape index (κ2) is 5.79. The van der Waals surface area contributed by atoms with Gasteiger partial charge in [0.1, 0.15) is 6.04 Å². The Kier molecular flexibility index (Phi) is 4.11. The minimum atomic E-state index is -0.401. The highest BCUT2D eigenvalue weighted by Gasteiger charge is 2.26. The lowest BCUT2D eigenvalue weighted by atomic mass is 10.0. The number of benzene rings is 1. The van der Waals surface area contributed by atoms with Crippen LogP contribution in [0, 0.1) is 0 Å². The molecule has 1 fully saturated rings. The highest BCUT2D eigenvalue weighted by Crippen LogP contribution is 2.39. The number of ether oxygens (including phenoxy) is 3. The van der Waals surface area contributed by atoms with E-state index in [4.69, 9.17) is 14.2 Å². The van der Waals surface area contributed by atoms with E-state index in [1.807, 2.05) is 0 Å². The zero-order valence-corrected chi connectivity index (χ0v) is 11.3. The number of hydrogen-bond acceptors (Lipinski definition) is 5. The number of carbonyl (C=O) groups is 1. The van der Waals surface area contributed by atoms with E-state index in [-0.39, 0.29) is 5.91 Å². The molecule has 1 aromatic rings. The molecule has 1 saturated heterocycles. The third kappa shape index (κ3) is 2.58. The molecule has 0 aromatic heterocycles. The van der Waals surface area contributed by atoms with E-state index in [2.05, 4.69) is 10.6 Å².